The van der Waals surface area contributed by atoms with E-state index in [-0.39, 0.29) is 18.2 Å². The Labute approximate surface area is 138 Å². The number of aliphatic hydroxyl groups excluding tert-OH is 1. The fourth-order valence-corrected chi connectivity index (χ4v) is 2.76. The topological polar surface area (TPSA) is 61.8 Å². The zero-order valence-electron chi connectivity index (χ0n) is 13.4. The lowest BCUT2D eigenvalue weighted by Gasteiger charge is -2.33. The highest BCUT2D eigenvalue weighted by Gasteiger charge is 2.23. The summed E-state index contributed by atoms with van der Waals surface area (Å²) in [4.78, 5) is 14.1. The van der Waals surface area contributed by atoms with Gasteiger partial charge in [-0.2, -0.15) is 0 Å². The molecule has 1 aromatic carbocycles. The molecule has 1 aliphatic rings. The number of halogens is 3. The quantitative estimate of drug-likeness (QED) is 0.763. The van der Waals surface area contributed by atoms with Crippen LogP contribution < -0.4 is 5.32 Å². The number of nitrogens with one attached hydrogen (secondary N) is 1. The summed E-state index contributed by atoms with van der Waals surface area (Å²) in [6.07, 6.45) is 0.737. The molecule has 0 aliphatic carbocycles. The number of methoxy groups -OCH3 is 1. The van der Waals surface area contributed by atoms with Gasteiger partial charge in [-0.15, -0.1) is 0 Å². The Balaban J connectivity index is 1.84. The second-order valence-corrected chi connectivity index (χ2v) is 5.91. The standard InChI is InChI=1S/C16H21F3N2O3/c1-24-9-12(22)8-21-4-2-11(3-5-21)20-16(23)10-6-13(17)15(19)14(18)7-10/h6-7,11-12,22H,2-5,8-9H2,1H3,(H,20,23). The Morgan fingerprint density at radius 3 is 2.46 bits per heavy atom. The fourth-order valence-electron chi connectivity index (χ4n) is 2.76. The van der Waals surface area contributed by atoms with E-state index < -0.39 is 29.5 Å². The smallest absolute Gasteiger partial charge is 0.251 e. The molecule has 1 atom stereocenters. The zero-order valence-corrected chi connectivity index (χ0v) is 13.4. The highest BCUT2D eigenvalue weighted by molar-refractivity contribution is 5.94. The van der Waals surface area contributed by atoms with Crippen LogP contribution in [0.5, 0.6) is 0 Å². The van der Waals surface area contributed by atoms with Gasteiger partial charge in [0.15, 0.2) is 17.5 Å². The Bertz CT molecular complexity index is 555. The van der Waals surface area contributed by atoms with E-state index in [0.717, 1.165) is 0 Å². The number of likely N-dealkylation sites (tertiary alicyclic amines) is 1. The van der Waals surface area contributed by atoms with Crippen LogP contribution in [0.25, 0.3) is 0 Å². The third-order valence-electron chi connectivity index (χ3n) is 4.00. The molecule has 24 heavy (non-hydrogen) atoms. The van der Waals surface area contributed by atoms with Gasteiger partial charge in [-0.1, -0.05) is 0 Å². The lowest BCUT2D eigenvalue weighted by atomic mass is 10.0. The van der Waals surface area contributed by atoms with Crippen LogP contribution >= 0.6 is 0 Å². The SMILES string of the molecule is COCC(O)CN1CCC(NC(=O)c2cc(F)c(F)c(F)c2)CC1. The predicted molar refractivity (Wildman–Crippen MR) is 81.1 cm³/mol. The van der Waals surface area contributed by atoms with Crippen LogP contribution in [0.15, 0.2) is 12.1 Å². The van der Waals surface area contributed by atoms with Crippen LogP contribution in [-0.4, -0.2) is 61.4 Å². The van der Waals surface area contributed by atoms with E-state index in [0.29, 0.717) is 44.6 Å². The predicted octanol–water partition coefficient (Wildman–Crippen LogP) is 1.31. The number of benzene rings is 1. The summed E-state index contributed by atoms with van der Waals surface area (Å²) in [5.74, 6) is -5.00. The lowest BCUT2D eigenvalue weighted by Crippen LogP contribution is -2.47. The van der Waals surface area contributed by atoms with Crippen LogP contribution in [0.2, 0.25) is 0 Å². The summed E-state index contributed by atoms with van der Waals surface area (Å²) in [7, 11) is 1.52. The normalized spacial score (nSPS) is 17.7. The molecule has 0 saturated carbocycles. The molecule has 1 heterocycles. The number of carbonyl (C=O) groups is 1. The van der Waals surface area contributed by atoms with E-state index in [4.69, 9.17) is 4.74 Å². The van der Waals surface area contributed by atoms with Crippen molar-refractivity contribution in [2.75, 3.05) is 33.4 Å². The minimum absolute atomic E-state index is 0.135. The first-order valence-corrected chi connectivity index (χ1v) is 7.75. The summed E-state index contributed by atoms with van der Waals surface area (Å²) >= 11 is 0. The van der Waals surface area contributed by atoms with E-state index in [1.807, 2.05) is 0 Å². The van der Waals surface area contributed by atoms with Gasteiger partial charge in [-0.25, -0.2) is 13.2 Å². The lowest BCUT2D eigenvalue weighted by molar-refractivity contribution is 0.0309. The van der Waals surface area contributed by atoms with Gasteiger partial charge >= 0.3 is 0 Å². The van der Waals surface area contributed by atoms with Crippen LogP contribution in [-0.2, 0) is 4.74 Å². The molecule has 0 bridgehead atoms. The number of ether oxygens (including phenoxy) is 1. The molecular weight excluding hydrogens is 325 g/mol. The van der Waals surface area contributed by atoms with Crippen LogP contribution in [0, 0.1) is 17.5 Å². The van der Waals surface area contributed by atoms with Crippen molar-refractivity contribution in [3.05, 3.63) is 35.1 Å². The molecule has 1 amide bonds. The minimum Gasteiger partial charge on any atom is -0.389 e. The number of nitrogens with zero attached hydrogens (tertiary/aromatic N) is 1. The van der Waals surface area contributed by atoms with Gasteiger partial charge < -0.3 is 20.1 Å². The number of amides is 1. The Morgan fingerprint density at radius 2 is 1.92 bits per heavy atom. The molecule has 134 valence electrons. The van der Waals surface area contributed by atoms with E-state index >= 15 is 0 Å². The van der Waals surface area contributed by atoms with Gasteiger partial charge in [0, 0.05) is 38.3 Å². The molecule has 1 fully saturated rings. The minimum atomic E-state index is -1.59. The van der Waals surface area contributed by atoms with Crippen molar-refractivity contribution in [3.63, 3.8) is 0 Å². The second kappa shape index (κ2) is 8.46. The largest absolute Gasteiger partial charge is 0.389 e. The molecule has 5 nitrogen and oxygen atoms in total. The van der Waals surface area contributed by atoms with Gasteiger partial charge in [0.1, 0.15) is 0 Å². The first-order chi connectivity index (χ1) is 11.4. The maximum absolute atomic E-state index is 13.2. The molecule has 0 aromatic heterocycles. The number of carbonyl (C=O) groups excluding carboxylic acids is 1. The Hall–Kier alpha value is -1.64. The Kier molecular flexibility index (Phi) is 6.59. The third kappa shape index (κ3) is 4.93. The maximum atomic E-state index is 13.2. The molecule has 0 radical (unpaired) electrons. The average molecular weight is 346 g/mol. The monoisotopic (exact) mass is 346 g/mol. The summed E-state index contributed by atoms with van der Waals surface area (Å²) in [6, 6.07) is 1.23. The molecule has 8 heteroatoms. The number of aliphatic hydroxyl groups is 1. The van der Waals surface area contributed by atoms with E-state index in [1.165, 1.54) is 7.11 Å². The van der Waals surface area contributed by atoms with Crippen molar-refractivity contribution >= 4 is 5.91 Å². The van der Waals surface area contributed by atoms with E-state index in [1.54, 1.807) is 0 Å². The summed E-state index contributed by atoms with van der Waals surface area (Å²) in [6.45, 7) is 2.11. The van der Waals surface area contributed by atoms with Gasteiger partial charge in [-0.3, -0.25) is 4.79 Å². The van der Waals surface area contributed by atoms with Crippen molar-refractivity contribution in [3.8, 4) is 0 Å². The van der Waals surface area contributed by atoms with Gasteiger partial charge in [0.2, 0.25) is 0 Å². The summed E-state index contributed by atoms with van der Waals surface area (Å²) in [5, 5.41) is 12.4. The number of hydrogen-bond donors (Lipinski definition) is 2. The van der Waals surface area contributed by atoms with Crippen molar-refractivity contribution < 1.29 is 27.8 Å². The summed E-state index contributed by atoms with van der Waals surface area (Å²) in [5.41, 5.74) is -0.246. The van der Waals surface area contributed by atoms with Gasteiger partial charge in [0.25, 0.3) is 5.91 Å². The first kappa shape index (κ1) is 18.7. The molecular formula is C16H21F3N2O3. The zero-order chi connectivity index (χ0) is 17.7. The van der Waals surface area contributed by atoms with E-state index in [9.17, 15) is 23.1 Å². The maximum Gasteiger partial charge on any atom is 0.251 e. The molecule has 2 rings (SSSR count). The van der Waals surface area contributed by atoms with Crippen molar-refractivity contribution in [2.45, 2.75) is 25.0 Å². The molecule has 1 saturated heterocycles. The number of β-amino-alcohol motifs (C(OH)–C–C–N with tert-alkyl or cyclic N) is 1. The fraction of sp³-hybridized carbons (Fsp3) is 0.562. The van der Waals surface area contributed by atoms with E-state index in [2.05, 4.69) is 10.2 Å². The highest BCUT2D eigenvalue weighted by Crippen LogP contribution is 2.15. The Morgan fingerprint density at radius 1 is 1.33 bits per heavy atom. The molecule has 2 N–H and O–H groups in total. The van der Waals surface area contributed by atoms with Crippen LogP contribution in [0.4, 0.5) is 13.2 Å². The van der Waals surface area contributed by atoms with Gasteiger partial charge in [-0.05, 0) is 25.0 Å². The number of hydrogen-bond acceptors (Lipinski definition) is 4. The molecule has 1 aliphatic heterocycles. The average Bonchev–Trinajstić information content (AvgIpc) is 2.54. The third-order valence-corrected chi connectivity index (χ3v) is 4.00. The highest BCUT2D eigenvalue weighted by atomic mass is 19.2. The van der Waals surface area contributed by atoms with Gasteiger partial charge in [0.05, 0.1) is 12.7 Å². The van der Waals surface area contributed by atoms with Crippen molar-refractivity contribution in [1.82, 2.24) is 10.2 Å². The van der Waals surface area contributed by atoms with Crippen molar-refractivity contribution in [2.24, 2.45) is 0 Å². The summed E-state index contributed by atoms with van der Waals surface area (Å²) < 4.78 is 44.1. The number of piperidine rings is 1. The van der Waals surface area contributed by atoms with Crippen LogP contribution in [0.3, 0.4) is 0 Å². The molecule has 1 unspecified atom stereocenters. The van der Waals surface area contributed by atoms with Crippen LogP contribution in [0.1, 0.15) is 23.2 Å². The molecule has 0 spiro atoms. The second-order valence-electron chi connectivity index (χ2n) is 5.91. The number of rotatable bonds is 6. The first-order valence-electron chi connectivity index (χ1n) is 7.75. The van der Waals surface area contributed by atoms with Crippen molar-refractivity contribution in [1.29, 1.82) is 0 Å². The molecule has 1 aromatic rings.